The number of carbonyl (C=O) groups excluding carboxylic acids is 2. The number of aryl methyl sites for hydroxylation is 1. The smallest absolute Gasteiger partial charge is 0.314 e. The van der Waals surface area contributed by atoms with E-state index in [1.807, 2.05) is 60.1 Å². The predicted molar refractivity (Wildman–Crippen MR) is 151 cm³/mol. The van der Waals surface area contributed by atoms with Crippen LogP contribution in [0.25, 0.3) is 22.2 Å². The van der Waals surface area contributed by atoms with Crippen molar-refractivity contribution in [2.75, 3.05) is 25.5 Å². The van der Waals surface area contributed by atoms with Crippen molar-refractivity contribution in [2.24, 2.45) is 5.73 Å². The van der Waals surface area contributed by atoms with Crippen LogP contribution < -0.4 is 21.1 Å². The number of pyridine rings is 1. The van der Waals surface area contributed by atoms with Gasteiger partial charge in [0.2, 0.25) is 0 Å². The number of hydrogen-bond donors (Lipinski definition) is 3. The van der Waals surface area contributed by atoms with Gasteiger partial charge in [-0.15, -0.1) is 0 Å². The van der Waals surface area contributed by atoms with Crippen LogP contribution in [0.3, 0.4) is 0 Å². The summed E-state index contributed by atoms with van der Waals surface area (Å²) >= 11 is 0. The molecule has 4 aromatic rings. The summed E-state index contributed by atoms with van der Waals surface area (Å²) in [6, 6.07) is 15.5. The van der Waals surface area contributed by atoms with E-state index in [0.29, 0.717) is 37.4 Å². The van der Waals surface area contributed by atoms with Crippen molar-refractivity contribution in [3.05, 3.63) is 72.1 Å². The summed E-state index contributed by atoms with van der Waals surface area (Å²) in [5, 5.41) is 11.9. The zero-order valence-corrected chi connectivity index (χ0v) is 22.2. The zero-order chi connectivity index (χ0) is 27.4. The van der Waals surface area contributed by atoms with Crippen LogP contribution in [0.4, 0.5) is 10.5 Å². The fraction of sp³-hybridized carbons (Fsp3) is 0.310. The Labute approximate surface area is 227 Å². The van der Waals surface area contributed by atoms with Crippen molar-refractivity contribution >= 4 is 28.7 Å². The topological polar surface area (TPSA) is 127 Å². The van der Waals surface area contributed by atoms with Gasteiger partial charge in [-0.1, -0.05) is 36.4 Å². The summed E-state index contributed by atoms with van der Waals surface area (Å²) in [5.41, 5.74) is 10.4. The molecule has 1 saturated heterocycles. The molecule has 3 amide bonds. The Morgan fingerprint density at radius 1 is 1.08 bits per heavy atom. The first kappa shape index (κ1) is 26.0. The van der Waals surface area contributed by atoms with E-state index in [1.54, 1.807) is 24.4 Å². The van der Waals surface area contributed by atoms with E-state index in [1.165, 1.54) is 0 Å². The van der Waals surface area contributed by atoms with Crippen molar-refractivity contribution in [3.63, 3.8) is 0 Å². The fourth-order valence-electron chi connectivity index (χ4n) is 5.03. The van der Waals surface area contributed by atoms with Crippen LogP contribution >= 0.6 is 0 Å². The SMILES string of the molecule is CCn1ncc2c(NC3CCN(C(N)=O)CC3)c(C(=O)NCc3ccccc3-c3ccc(OC)cc3)cnc21. The highest BCUT2D eigenvalue weighted by Crippen LogP contribution is 2.29. The van der Waals surface area contributed by atoms with Crippen LogP contribution in [0.5, 0.6) is 5.75 Å². The number of nitrogens with zero attached hydrogens (tertiary/aromatic N) is 4. The number of fused-ring (bicyclic) bond motifs is 1. The molecule has 10 nitrogen and oxygen atoms in total. The summed E-state index contributed by atoms with van der Waals surface area (Å²) in [7, 11) is 1.64. The second kappa shape index (κ2) is 11.4. The highest BCUT2D eigenvalue weighted by molar-refractivity contribution is 6.06. The molecule has 10 heteroatoms. The molecule has 4 N–H and O–H groups in total. The van der Waals surface area contributed by atoms with E-state index in [9.17, 15) is 9.59 Å². The molecule has 202 valence electrons. The minimum absolute atomic E-state index is 0.0820. The molecule has 0 saturated carbocycles. The van der Waals surface area contributed by atoms with Gasteiger partial charge in [-0.2, -0.15) is 5.10 Å². The summed E-state index contributed by atoms with van der Waals surface area (Å²) in [4.78, 5) is 31.3. The first-order valence-electron chi connectivity index (χ1n) is 13.1. The van der Waals surface area contributed by atoms with Crippen molar-refractivity contribution < 1.29 is 14.3 Å². The molecule has 0 spiro atoms. The highest BCUT2D eigenvalue weighted by Gasteiger charge is 2.25. The van der Waals surface area contributed by atoms with Crippen LogP contribution in [0, 0.1) is 0 Å². The van der Waals surface area contributed by atoms with Gasteiger partial charge in [0, 0.05) is 38.4 Å². The minimum Gasteiger partial charge on any atom is -0.497 e. The molecule has 5 rings (SSSR count). The Morgan fingerprint density at radius 2 is 1.82 bits per heavy atom. The highest BCUT2D eigenvalue weighted by atomic mass is 16.5. The normalized spacial score (nSPS) is 13.8. The quantitative estimate of drug-likeness (QED) is 0.318. The van der Waals surface area contributed by atoms with Crippen molar-refractivity contribution in [2.45, 2.75) is 38.9 Å². The van der Waals surface area contributed by atoms with E-state index in [-0.39, 0.29) is 11.9 Å². The minimum atomic E-state index is -0.404. The first-order chi connectivity index (χ1) is 19.0. The number of amides is 3. The average molecular weight is 528 g/mol. The van der Waals surface area contributed by atoms with Gasteiger partial charge in [0.25, 0.3) is 5.91 Å². The van der Waals surface area contributed by atoms with Crippen LogP contribution in [0.2, 0.25) is 0 Å². The van der Waals surface area contributed by atoms with Crippen molar-refractivity contribution in [1.29, 1.82) is 0 Å². The number of carbonyl (C=O) groups is 2. The summed E-state index contributed by atoms with van der Waals surface area (Å²) in [5.74, 6) is 0.564. The van der Waals surface area contributed by atoms with E-state index >= 15 is 0 Å². The standard InChI is InChI=1S/C29H33N7O3/c1-3-36-27-24(18-33-36)26(34-21-12-14-35(15-13-21)29(30)38)25(17-31-27)28(37)32-16-20-6-4-5-7-23(20)19-8-10-22(39-2)11-9-19/h4-11,17-18,21H,3,12-16H2,1-2H3,(H2,30,38)(H,31,34)(H,32,37). The summed E-state index contributed by atoms with van der Waals surface area (Å²) < 4.78 is 7.09. The maximum Gasteiger partial charge on any atom is 0.314 e. The fourth-order valence-corrected chi connectivity index (χ4v) is 5.03. The monoisotopic (exact) mass is 527 g/mol. The van der Waals surface area contributed by atoms with E-state index in [4.69, 9.17) is 10.5 Å². The largest absolute Gasteiger partial charge is 0.497 e. The zero-order valence-electron chi connectivity index (χ0n) is 22.2. The molecule has 3 heterocycles. The molecule has 0 aliphatic carbocycles. The molecular weight excluding hydrogens is 494 g/mol. The summed E-state index contributed by atoms with van der Waals surface area (Å²) in [6.45, 7) is 4.16. The van der Waals surface area contributed by atoms with Crippen molar-refractivity contribution in [3.8, 4) is 16.9 Å². The molecule has 1 aliphatic rings. The van der Waals surface area contributed by atoms with Gasteiger partial charge in [0.05, 0.1) is 29.9 Å². The lowest BCUT2D eigenvalue weighted by Gasteiger charge is -2.32. The lowest BCUT2D eigenvalue weighted by atomic mass is 9.99. The number of anilines is 1. The number of likely N-dealkylation sites (tertiary alicyclic amines) is 1. The number of hydrogen-bond acceptors (Lipinski definition) is 6. The maximum absolute atomic E-state index is 13.6. The lowest BCUT2D eigenvalue weighted by Crippen LogP contribution is -2.44. The number of aromatic nitrogens is 3. The number of ether oxygens (including phenoxy) is 1. The molecule has 0 bridgehead atoms. The Morgan fingerprint density at radius 3 is 2.51 bits per heavy atom. The number of nitrogens with two attached hydrogens (primary N) is 1. The number of benzene rings is 2. The maximum atomic E-state index is 13.6. The number of piperidine rings is 1. The molecule has 0 radical (unpaired) electrons. The number of methoxy groups -OCH3 is 1. The molecular formula is C29H33N7O3. The van der Waals surface area contributed by atoms with Gasteiger partial charge in [-0.3, -0.25) is 4.79 Å². The molecule has 0 unspecified atom stereocenters. The van der Waals surface area contributed by atoms with Gasteiger partial charge in [0.1, 0.15) is 5.75 Å². The first-order valence-corrected chi connectivity index (χ1v) is 13.1. The molecule has 2 aromatic heterocycles. The van der Waals surface area contributed by atoms with Gasteiger partial charge in [-0.25, -0.2) is 14.5 Å². The van der Waals surface area contributed by atoms with Gasteiger partial charge < -0.3 is 26.0 Å². The third-order valence-electron chi connectivity index (χ3n) is 7.22. The Kier molecular flexibility index (Phi) is 7.62. The van der Waals surface area contributed by atoms with Crippen LogP contribution in [-0.4, -0.2) is 57.8 Å². The van der Waals surface area contributed by atoms with Crippen LogP contribution in [-0.2, 0) is 13.1 Å². The third-order valence-corrected chi connectivity index (χ3v) is 7.22. The number of nitrogens with one attached hydrogen (secondary N) is 2. The van der Waals surface area contributed by atoms with Crippen molar-refractivity contribution in [1.82, 2.24) is 25.0 Å². The van der Waals surface area contributed by atoms with Gasteiger partial charge in [0.15, 0.2) is 5.65 Å². The van der Waals surface area contributed by atoms with Gasteiger partial charge in [-0.05, 0) is 48.6 Å². The molecule has 1 aliphatic heterocycles. The molecule has 1 fully saturated rings. The molecule has 39 heavy (non-hydrogen) atoms. The Hall–Kier alpha value is -4.60. The Balaban J connectivity index is 1.39. The summed E-state index contributed by atoms with van der Waals surface area (Å²) in [6.07, 6.45) is 4.82. The number of rotatable bonds is 8. The number of urea groups is 1. The lowest BCUT2D eigenvalue weighted by molar-refractivity contribution is 0.0951. The average Bonchev–Trinajstić information content (AvgIpc) is 3.40. The van der Waals surface area contributed by atoms with E-state index in [0.717, 1.165) is 46.3 Å². The van der Waals surface area contributed by atoms with E-state index < -0.39 is 6.03 Å². The van der Waals surface area contributed by atoms with Crippen LogP contribution in [0.15, 0.2) is 60.9 Å². The van der Waals surface area contributed by atoms with Gasteiger partial charge >= 0.3 is 6.03 Å². The molecule has 0 atom stereocenters. The molecule has 2 aromatic carbocycles. The predicted octanol–water partition coefficient (Wildman–Crippen LogP) is 4.01. The third kappa shape index (κ3) is 5.50. The van der Waals surface area contributed by atoms with E-state index in [2.05, 4.69) is 20.7 Å². The second-order valence-electron chi connectivity index (χ2n) is 9.56. The number of primary amides is 1. The van der Waals surface area contributed by atoms with Crippen LogP contribution in [0.1, 0.15) is 35.7 Å². The Bertz CT molecular complexity index is 1470. The second-order valence-corrected chi connectivity index (χ2v) is 9.56.